The molecule has 0 saturated carbocycles. The van der Waals surface area contributed by atoms with Crippen LogP contribution >= 0.6 is 0 Å². The topological polar surface area (TPSA) is 90.9 Å². The van der Waals surface area contributed by atoms with Crippen molar-refractivity contribution >= 4 is 23.1 Å². The Labute approximate surface area is 117 Å². The monoisotopic (exact) mass is 266 g/mol. The standard InChI is InChI=1S/C15H14N4O/c1-10-2-5-12(17)8-14(10)19-15(20)18-13-6-3-11(9-16)4-7-13/h2-8H,17H2,1H3,(H2,18,19,20). The van der Waals surface area contributed by atoms with E-state index in [2.05, 4.69) is 10.6 Å². The lowest BCUT2D eigenvalue weighted by Crippen LogP contribution is -2.20. The highest BCUT2D eigenvalue weighted by atomic mass is 16.2. The van der Waals surface area contributed by atoms with Gasteiger partial charge in [-0.1, -0.05) is 6.07 Å². The Morgan fingerprint density at radius 3 is 2.50 bits per heavy atom. The van der Waals surface area contributed by atoms with E-state index in [9.17, 15) is 4.79 Å². The fraction of sp³-hybridized carbons (Fsp3) is 0.0667. The molecule has 0 saturated heterocycles. The van der Waals surface area contributed by atoms with E-state index in [1.54, 1.807) is 36.4 Å². The van der Waals surface area contributed by atoms with Gasteiger partial charge >= 0.3 is 6.03 Å². The van der Waals surface area contributed by atoms with Gasteiger partial charge in [-0.15, -0.1) is 0 Å². The molecule has 0 aliphatic heterocycles. The Bertz CT molecular complexity index is 671. The highest BCUT2D eigenvalue weighted by Crippen LogP contribution is 2.18. The molecule has 0 unspecified atom stereocenters. The predicted molar refractivity (Wildman–Crippen MR) is 79.4 cm³/mol. The van der Waals surface area contributed by atoms with Crippen LogP contribution in [0.4, 0.5) is 21.9 Å². The molecule has 0 aliphatic carbocycles. The summed E-state index contributed by atoms with van der Waals surface area (Å²) in [6, 6.07) is 13.6. The smallest absolute Gasteiger partial charge is 0.323 e. The molecule has 2 amide bonds. The lowest BCUT2D eigenvalue weighted by atomic mass is 10.2. The Hall–Kier alpha value is -3.00. The van der Waals surface area contributed by atoms with Crippen LogP contribution in [0.15, 0.2) is 42.5 Å². The van der Waals surface area contributed by atoms with E-state index < -0.39 is 0 Å². The summed E-state index contributed by atoms with van der Waals surface area (Å²) in [5.41, 5.74) is 9.02. The fourth-order valence-corrected chi connectivity index (χ4v) is 1.69. The number of carbonyl (C=O) groups is 1. The summed E-state index contributed by atoms with van der Waals surface area (Å²) in [6.45, 7) is 1.89. The maximum atomic E-state index is 11.9. The second kappa shape index (κ2) is 5.76. The molecule has 2 aromatic rings. The highest BCUT2D eigenvalue weighted by molar-refractivity contribution is 6.00. The second-order valence-corrected chi connectivity index (χ2v) is 4.34. The number of hydrogen-bond donors (Lipinski definition) is 3. The van der Waals surface area contributed by atoms with Gasteiger partial charge in [-0.05, 0) is 48.9 Å². The van der Waals surface area contributed by atoms with Crippen LogP contribution in [-0.4, -0.2) is 6.03 Å². The molecule has 4 N–H and O–H groups in total. The molecule has 2 aromatic carbocycles. The molecule has 0 radical (unpaired) electrons. The van der Waals surface area contributed by atoms with E-state index in [1.807, 2.05) is 19.1 Å². The molecule has 2 rings (SSSR count). The molecule has 5 heteroatoms. The van der Waals surface area contributed by atoms with Crippen molar-refractivity contribution in [1.29, 1.82) is 5.26 Å². The number of aryl methyl sites for hydroxylation is 1. The molecule has 20 heavy (non-hydrogen) atoms. The zero-order chi connectivity index (χ0) is 14.5. The van der Waals surface area contributed by atoms with Gasteiger partial charge in [-0.2, -0.15) is 5.26 Å². The molecule has 100 valence electrons. The summed E-state index contributed by atoms with van der Waals surface area (Å²) in [5, 5.41) is 14.1. The van der Waals surface area contributed by atoms with Crippen molar-refractivity contribution in [3.63, 3.8) is 0 Å². The molecule has 5 nitrogen and oxygen atoms in total. The first-order valence-corrected chi connectivity index (χ1v) is 6.03. The van der Waals surface area contributed by atoms with Crippen LogP contribution in [0.3, 0.4) is 0 Å². The van der Waals surface area contributed by atoms with Crippen molar-refractivity contribution in [1.82, 2.24) is 0 Å². The number of nitrogens with two attached hydrogens (primary N) is 1. The van der Waals surface area contributed by atoms with E-state index >= 15 is 0 Å². The molecule has 0 atom stereocenters. The fourth-order valence-electron chi connectivity index (χ4n) is 1.69. The van der Waals surface area contributed by atoms with Gasteiger partial charge < -0.3 is 16.4 Å². The second-order valence-electron chi connectivity index (χ2n) is 4.34. The minimum Gasteiger partial charge on any atom is -0.399 e. The maximum Gasteiger partial charge on any atom is 0.323 e. The van der Waals surface area contributed by atoms with E-state index in [4.69, 9.17) is 11.0 Å². The van der Waals surface area contributed by atoms with Crippen molar-refractivity contribution in [3.05, 3.63) is 53.6 Å². The highest BCUT2D eigenvalue weighted by Gasteiger charge is 2.05. The Kier molecular flexibility index (Phi) is 3.87. The normalized spacial score (nSPS) is 9.60. The first-order chi connectivity index (χ1) is 9.58. The van der Waals surface area contributed by atoms with Gasteiger partial charge in [0.2, 0.25) is 0 Å². The van der Waals surface area contributed by atoms with Gasteiger partial charge in [0, 0.05) is 17.1 Å². The number of urea groups is 1. The number of carbonyl (C=O) groups excluding carboxylic acids is 1. The van der Waals surface area contributed by atoms with Gasteiger partial charge in [0.25, 0.3) is 0 Å². The summed E-state index contributed by atoms with van der Waals surface area (Å²) in [6.07, 6.45) is 0. The Morgan fingerprint density at radius 2 is 1.85 bits per heavy atom. The summed E-state index contributed by atoms with van der Waals surface area (Å²) in [7, 11) is 0. The summed E-state index contributed by atoms with van der Waals surface area (Å²) >= 11 is 0. The number of benzene rings is 2. The quantitative estimate of drug-likeness (QED) is 0.729. The van der Waals surface area contributed by atoms with Crippen molar-refractivity contribution in [2.45, 2.75) is 6.92 Å². The predicted octanol–water partition coefficient (Wildman–Crippen LogP) is 3.09. The van der Waals surface area contributed by atoms with Crippen LogP contribution in [0.25, 0.3) is 0 Å². The minimum atomic E-state index is -0.358. The average molecular weight is 266 g/mol. The number of nitrogen functional groups attached to an aromatic ring is 1. The maximum absolute atomic E-state index is 11.9. The number of hydrogen-bond acceptors (Lipinski definition) is 3. The zero-order valence-corrected chi connectivity index (χ0v) is 11.0. The number of nitrogens with one attached hydrogen (secondary N) is 2. The molecule has 0 spiro atoms. The lowest BCUT2D eigenvalue weighted by molar-refractivity contribution is 0.262. The van der Waals surface area contributed by atoms with E-state index in [0.717, 1.165) is 5.56 Å². The number of nitrogens with zero attached hydrogens (tertiary/aromatic N) is 1. The van der Waals surface area contributed by atoms with Gasteiger partial charge in [-0.25, -0.2) is 4.79 Å². The molecule has 0 bridgehead atoms. The molecule has 0 aromatic heterocycles. The van der Waals surface area contributed by atoms with Crippen LogP contribution in [-0.2, 0) is 0 Å². The van der Waals surface area contributed by atoms with Crippen LogP contribution in [0.5, 0.6) is 0 Å². The van der Waals surface area contributed by atoms with Crippen LogP contribution < -0.4 is 16.4 Å². The molecule has 0 heterocycles. The Balaban J connectivity index is 2.05. The van der Waals surface area contributed by atoms with Gasteiger partial charge in [-0.3, -0.25) is 0 Å². The van der Waals surface area contributed by atoms with Crippen LogP contribution in [0, 0.1) is 18.3 Å². The third kappa shape index (κ3) is 3.27. The summed E-state index contributed by atoms with van der Waals surface area (Å²) in [5.74, 6) is 0. The number of amides is 2. The molecule has 0 aliphatic rings. The summed E-state index contributed by atoms with van der Waals surface area (Å²) in [4.78, 5) is 11.9. The van der Waals surface area contributed by atoms with Crippen molar-refractivity contribution < 1.29 is 4.79 Å². The molecular formula is C15H14N4O. The molecule has 0 fully saturated rings. The number of anilines is 3. The van der Waals surface area contributed by atoms with E-state index in [1.165, 1.54) is 0 Å². The number of nitriles is 1. The van der Waals surface area contributed by atoms with Gasteiger partial charge in [0.05, 0.1) is 11.6 Å². The third-order valence-corrected chi connectivity index (χ3v) is 2.78. The largest absolute Gasteiger partial charge is 0.399 e. The zero-order valence-electron chi connectivity index (χ0n) is 11.0. The van der Waals surface area contributed by atoms with Crippen molar-refractivity contribution in [2.75, 3.05) is 16.4 Å². The van der Waals surface area contributed by atoms with Crippen molar-refractivity contribution in [3.8, 4) is 6.07 Å². The summed E-state index contributed by atoms with van der Waals surface area (Å²) < 4.78 is 0. The van der Waals surface area contributed by atoms with Crippen LogP contribution in [0.1, 0.15) is 11.1 Å². The first kappa shape index (κ1) is 13.4. The van der Waals surface area contributed by atoms with Gasteiger partial charge in [0.15, 0.2) is 0 Å². The number of rotatable bonds is 2. The lowest BCUT2D eigenvalue weighted by Gasteiger charge is -2.10. The van der Waals surface area contributed by atoms with Gasteiger partial charge in [0.1, 0.15) is 0 Å². The molecular weight excluding hydrogens is 252 g/mol. The Morgan fingerprint density at radius 1 is 1.15 bits per heavy atom. The first-order valence-electron chi connectivity index (χ1n) is 6.03. The minimum absolute atomic E-state index is 0.358. The SMILES string of the molecule is Cc1ccc(N)cc1NC(=O)Nc1ccc(C#N)cc1. The van der Waals surface area contributed by atoms with E-state index in [-0.39, 0.29) is 6.03 Å². The van der Waals surface area contributed by atoms with E-state index in [0.29, 0.717) is 22.6 Å². The average Bonchev–Trinajstić information content (AvgIpc) is 2.43. The van der Waals surface area contributed by atoms with Crippen LogP contribution in [0.2, 0.25) is 0 Å². The third-order valence-electron chi connectivity index (χ3n) is 2.78. The van der Waals surface area contributed by atoms with Crippen molar-refractivity contribution in [2.24, 2.45) is 0 Å².